The number of ether oxygens (including phenoxy) is 3. The van der Waals surface area contributed by atoms with E-state index in [-0.39, 0.29) is 19.4 Å². The van der Waals surface area contributed by atoms with E-state index in [4.69, 9.17) is 14.2 Å². The van der Waals surface area contributed by atoms with Crippen LogP contribution in [0.5, 0.6) is 0 Å². The highest BCUT2D eigenvalue weighted by Crippen LogP contribution is 2.26. The van der Waals surface area contributed by atoms with Crippen LogP contribution in [-0.2, 0) is 23.8 Å². The largest absolute Gasteiger partial charge is 0.454 e. The summed E-state index contributed by atoms with van der Waals surface area (Å²) in [4.78, 5) is 26.6. The molecule has 0 aromatic heterocycles. The monoisotopic (exact) mass is 1110 g/mol. The molecular weight excluding hydrogens is 991 g/mol. The molecule has 11 heteroatoms. The fraction of sp³-hybridized carbons (Fsp3) is 0.794. The van der Waals surface area contributed by atoms with E-state index < -0.39 is 67.4 Å². The van der Waals surface area contributed by atoms with Crippen LogP contribution in [0.2, 0.25) is 0 Å². The van der Waals surface area contributed by atoms with E-state index in [1.165, 1.54) is 135 Å². The minimum atomic E-state index is -1.62. The molecule has 8 unspecified atom stereocenters. The van der Waals surface area contributed by atoms with Crippen molar-refractivity contribution >= 4 is 11.9 Å². The molecule has 1 saturated heterocycles. The predicted octanol–water partition coefficient (Wildman–Crippen LogP) is 16.0. The topological polar surface area (TPSA) is 175 Å². The van der Waals surface area contributed by atoms with Gasteiger partial charge in [-0.25, -0.2) is 0 Å². The fourth-order valence-corrected chi connectivity index (χ4v) is 9.86. The van der Waals surface area contributed by atoms with Gasteiger partial charge in [-0.3, -0.25) is 9.59 Å². The predicted molar refractivity (Wildman–Crippen MR) is 329 cm³/mol. The van der Waals surface area contributed by atoms with E-state index in [2.05, 4.69) is 86.8 Å². The van der Waals surface area contributed by atoms with Gasteiger partial charge in [0.05, 0.1) is 25.4 Å². The average Bonchev–Trinajstić information content (AvgIpc) is 3.45. The Hall–Kier alpha value is -2.90. The van der Waals surface area contributed by atoms with E-state index in [1.54, 1.807) is 6.08 Å². The van der Waals surface area contributed by atoms with Gasteiger partial charge in [0.15, 0.2) is 12.4 Å². The molecule has 1 fully saturated rings. The quantitative estimate of drug-likeness (QED) is 0.0195. The lowest BCUT2D eigenvalue weighted by molar-refractivity contribution is -0.305. The Balaban J connectivity index is 2.64. The third kappa shape index (κ3) is 43.5. The molecule has 1 amide bonds. The number of hydrogen-bond acceptors (Lipinski definition) is 10. The van der Waals surface area contributed by atoms with Crippen LogP contribution in [0.15, 0.2) is 72.9 Å². The Labute approximate surface area is 483 Å². The van der Waals surface area contributed by atoms with E-state index in [9.17, 15) is 35.1 Å². The molecule has 0 aromatic rings. The van der Waals surface area contributed by atoms with Gasteiger partial charge in [-0.1, -0.05) is 254 Å². The normalized spacial score (nSPS) is 19.3. The highest BCUT2D eigenvalue weighted by atomic mass is 16.7. The lowest BCUT2D eigenvalue weighted by atomic mass is 9.99. The number of unbranched alkanes of at least 4 members (excludes halogenated alkanes) is 31. The number of carbonyl (C=O) groups excluding carboxylic acids is 2. The average molecular weight is 1110 g/mol. The maximum atomic E-state index is 13.4. The van der Waals surface area contributed by atoms with Crippen molar-refractivity contribution in [3.8, 4) is 0 Å². The Bertz CT molecular complexity index is 1560. The lowest BCUT2D eigenvalue weighted by Gasteiger charge is -2.41. The third-order valence-corrected chi connectivity index (χ3v) is 15.1. The maximum absolute atomic E-state index is 13.4. The van der Waals surface area contributed by atoms with E-state index in [0.717, 1.165) is 103 Å². The molecule has 458 valence electrons. The van der Waals surface area contributed by atoms with Crippen LogP contribution in [0.3, 0.4) is 0 Å². The summed E-state index contributed by atoms with van der Waals surface area (Å²) in [5.41, 5.74) is 0. The summed E-state index contributed by atoms with van der Waals surface area (Å²) in [5.74, 6) is -1.20. The van der Waals surface area contributed by atoms with Gasteiger partial charge in [-0.15, -0.1) is 0 Å². The number of amides is 1. The van der Waals surface area contributed by atoms with E-state index in [0.29, 0.717) is 12.8 Å². The Morgan fingerprint density at radius 1 is 0.494 bits per heavy atom. The van der Waals surface area contributed by atoms with Crippen LogP contribution in [0.1, 0.15) is 284 Å². The molecular formula is C68H121NO10. The van der Waals surface area contributed by atoms with Crippen molar-refractivity contribution in [1.29, 1.82) is 0 Å². The Kier molecular flexibility index (Phi) is 52.2. The summed E-state index contributed by atoms with van der Waals surface area (Å²) >= 11 is 0. The molecule has 1 aliphatic rings. The SMILES string of the molecule is CCCCC/C=C\C/C=C\C/C=C\CCCCCCCCCC(O)C(=O)NC(COC1OC(CO)C(O)C(O)C1OC(=O)CCCCCCCCCCC/C=C\C/C=C\CCCCC)C(O)/C=C/CCCCCCCCCCC. The second kappa shape index (κ2) is 55.6. The Morgan fingerprint density at radius 3 is 1.33 bits per heavy atom. The summed E-state index contributed by atoms with van der Waals surface area (Å²) < 4.78 is 17.6. The van der Waals surface area contributed by atoms with Gasteiger partial charge in [0.2, 0.25) is 5.91 Å². The van der Waals surface area contributed by atoms with Crippen LogP contribution >= 0.6 is 0 Å². The zero-order valence-electron chi connectivity index (χ0n) is 50.7. The van der Waals surface area contributed by atoms with Crippen LogP contribution in [0.4, 0.5) is 0 Å². The number of allylic oxidation sites excluding steroid dienone is 11. The summed E-state index contributed by atoms with van der Waals surface area (Å²) in [6.45, 7) is 5.74. The number of esters is 1. The zero-order valence-corrected chi connectivity index (χ0v) is 50.7. The van der Waals surface area contributed by atoms with Gasteiger partial charge in [0, 0.05) is 6.42 Å². The first-order valence-electron chi connectivity index (χ1n) is 32.7. The van der Waals surface area contributed by atoms with E-state index in [1.807, 2.05) is 6.08 Å². The molecule has 0 aromatic carbocycles. The summed E-state index contributed by atoms with van der Waals surface area (Å²) in [6, 6.07) is -1.03. The first-order chi connectivity index (χ1) is 38.7. The molecule has 6 N–H and O–H groups in total. The second-order valence-corrected chi connectivity index (χ2v) is 22.5. The van der Waals surface area contributed by atoms with Crippen LogP contribution in [0.25, 0.3) is 0 Å². The molecule has 1 rings (SSSR count). The molecule has 0 spiro atoms. The summed E-state index contributed by atoms with van der Waals surface area (Å²) in [5, 5.41) is 57.0. The molecule has 1 aliphatic heterocycles. The number of nitrogens with one attached hydrogen (secondary N) is 1. The molecule has 0 saturated carbocycles. The molecule has 79 heavy (non-hydrogen) atoms. The van der Waals surface area contributed by atoms with Crippen LogP contribution in [-0.4, -0.2) is 99.6 Å². The molecule has 8 atom stereocenters. The zero-order chi connectivity index (χ0) is 57.5. The van der Waals surface area contributed by atoms with Crippen LogP contribution < -0.4 is 5.32 Å². The van der Waals surface area contributed by atoms with Gasteiger partial charge in [-0.05, 0) is 96.3 Å². The van der Waals surface area contributed by atoms with Gasteiger partial charge >= 0.3 is 5.97 Å². The standard InChI is InChI=1S/C68H121NO10/c1-4-7-10-13-16-19-22-24-26-28-30-32-33-35-37-40-43-46-49-52-55-61(72)67(76)69-59(60(71)54-51-48-45-42-39-21-18-15-12-9-6-3)58-77-68-66(65(75)64(74)62(57-70)78-68)79-63(73)56-53-50-47-44-41-38-36-34-31-29-27-25-23-20-17-14-11-8-5-2/h16-17,19-20,24-27,30,32,51,54,59-62,64-66,68,70-72,74-75H,4-15,18,21-23,28-29,31,33-50,52-53,55-58H2,1-3H3,(H,69,76)/b19-16-,20-17-,26-24-,27-25-,32-30-,54-51+. The third-order valence-electron chi connectivity index (χ3n) is 15.1. The first-order valence-corrected chi connectivity index (χ1v) is 32.7. The van der Waals surface area contributed by atoms with Gasteiger partial charge in [-0.2, -0.15) is 0 Å². The fourth-order valence-electron chi connectivity index (χ4n) is 9.86. The minimum absolute atomic E-state index is 0.116. The molecule has 11 nitrogen and oxygen atoms in total. The minimum Gasteiger partial charge on any atom is -0.454 e. The molecule has 1 heterocycles. The molecule has 0 aliphatic carbocycles. The lowest BCUT2D eigenvalue weighted by Crippen LogP contribution is -2.61. The number of aliphatic hydroxyl groups is 5. The van der Waals surface area contributed by atoms with Crippen molar-refractivity contribution in [3.63, 3.8) is 0 Å². The first kappa shape index (κ1) is 74.1. The second-order valence-electron chi connectivity index (χ2n) is 22.5. The van der Waals surface area contributed by atoms with E-state index >= 15 is 0 Å². The van der Waals surface area contributed by atoms with Crippen molar-refractivity contribution < 1.29 is 49.3 Å². The number of hydrogen-bond donors (Lipinski definition) is 6. The number of rotatable bonds is 55. The summed E-state index contributed by atoms with van der Waals surface area (Å²) in [7, 11) is 0. The number of carbonyl (C=O) groups is 2. The molecule has 0 radical (unpaired) electrons. The van der Waals surface area contributed by atoms with Crippen molar-refractivity contribution in [3.05, 3.63) is 72.9 Å². The highest BCUT2D eigenvalue weighted by Gasteiger charge is 2.47. The maximum Gasteiger partial charge on any atom is 0.306 e. The Morgan fingerprint density at radius 2 is 0.873 bits per heavy atom. The van der Waals surface area contributed by atoms with Gasteiger partial charge in [0.25, 0.3) is 0 Å². The molecule has 0 bridgehead atoms. The highest BCUT2D eigenvalue weighted by molar-refractivity contribution is 5.80. The van der Waals surface area contributed by atoms with Crippen molar-refractivity contribution in [2.75, 3.05) is 13.2 Å². The number of aliphatic hydroxyl groups excluding tert-OH is 5. The summed E-state index contributed by atoms with van der Waals surface area (Å²) in [6.07, 6.45) is 60.7. The van der Waals surface area contributed by atoms with Crippen LogP contribution in [0, 0.1) is 0 Å². The van der Waals surface area contributed by atoms with Crippen molar-refractivity contribution in [2.24, 2.45) is 0 Å². The van der Waals surface area contributed by atoms with Crippen molar-refractivity contribution in [1.82, 2.24) is 5.32 Å². The van der Waals surface area contributed by atoms with Gasteiger partial charge < -0.3 is 45.1 Å². The van der Waals surface area contributed by atoms with Crippen molar-refractivity contribution in [2.45, 2.75) is 333 Å². The smallest absolute Gasteiger partial charge is 0.306 e. The van der Waals surface area contributed by atoms with Gasteiger partial charge in [0.1, 0.15) is 24.4 Å².